The van der Waals surface area contributed by atoms with E-state index in [1.807, 2.05) is 24.3 Å². The molecule has 2 aromatic heterocycles. The van der Waals surface area contributed by atoms with Gasteiger partial charge in [0.25, 0.3) is 0 Å². The van der Waals surface area contributed by atoms with Crippen LogP contribution in [0.5, 0.6) is 11.5 Å². The van der Waals surface area contributed by atoms with Crippen LogP contribution in [0.1, 0.15) is 11.1 Å². The minimum absolute atomic E-state index is 0.809. The number of aryl methyl sites for hydroxylation is 2. The average Bonchev–Trinajstić information content (AvgIpc) is 3.44. The number of thiazole rings is 2. The molecule has 5 heteroatoms. The number of aromatic nitrogens is 2. The molecular formula is C28H20N2OS2. The lowest BCUT2D eigenvalue weighted by molar-refractivity contribution is 0.484. The summed E-state index contributed by atoms with van der Waals surface area (Å²) in [7, 11) is 0. The van der Waals surface area contributed by atoms with E-state index in [0.29, 0.717) is 0 Å². The van der Waals surface area contributed by atoms with Crippen molar-refractivity contribution < 1.29 is 4.74 Å². The zero-order chi connectivity index (χ0) is 22.4. The molecule has 0 aliphatic carbocycles. The molecule has 0 N–H and O–H groups in total. The van der Waals surface area contributed by atoms with Crippen LogP contribution in [0.25, 0.3) is 41.6 Å². The van der Waals surface area contributed by atoms with Gasteiger partial charge in [0.1, 0.15) is 21.5 Å². The van der Waals surface area contributed by atoms with Crippen LogP contribution < -0.4 is 4.74 Å². The summed E-state index contributed by atoms with van der Waals surface area (Å²) >= 11 is 3.37. The Balaban J connectivity index is 1.28. The predicted molar refractivity (Wildman–Crippen MR) is 140 cm³/mol. The molecule has 6 rings (SSSR count). The number of ether oxygens (including phenoxy) is 1. The van der Waals surface area contributed by atoms with Crippen molar-refractivity contribution in [3.05, 3.63) is 96.1 Å². The Labute approximate surface area is 200 Å². The van der Waals surface area contributed by atoms with Gasteiger partial charge < -0.3 is 4.74 Å². The maximum atomic E-state index is 6.21. The molecule has 0 aliphatic heterocycles. The monoisotopic (exact) mass is 464 g/mol. The molecule has 0 amide bonds. The van der Waals surface area contributed by atoms with Crippen molar-refractivity contribution in [3.8, 4) is 32.6 Å². The Morgan fingerprint density at radius 3 is 1.39 bits per heavy atom. The molecule has 6 aromatic rings. The van der Waals surface area contributed by atoms with Gasteiger partial charge in [-0.3, -0.25) is 0 Å². The second kappa shape index (κ2) is 8.10. The van der Waals surface area contributed by atoms with Crippen molar-refractivity contribution in [2.45, 2.75) is 13.8 Å². The summed E-state index contributed by atoms with van der Waals surface area (Å²) in [5, 5.41) is 2.05. The number of nitrogens with zero attached hydrogens (tertiary/aromatic N) is 2. The van der Waals surface area contributed by atoms with Gasteiger partial charge in [-0.25, -0.2) is 9.97 Å². The van der Waals surface area contributed by atoms with E-state index in [2.05, 4.69) is 74.5 Å². The quantitative estimate of drug-likeness (QED) is 0.262. The fourth-order valence-electron chi connectivity index (χ4n) is 3.71. The Bertz CT molecular complexity index is 1470. The molecule has 0 bridgehead atoms. The van der Waals surface area contributed by atoms with Crippen molar-refractivity contribution in [2.24, 2.45) is 0 Å². The van der Waals surface area contributed by atoms with Gasteiger partial charge in [-0.1, -0.05) is 59.7 Å². The summed E-state index contributed by atoms with van der Waals surface area (Å²) < 4.78 is 8.44. The van der Waals surface area contributed by atoms with E-state index in [-0.39, 0.29) is 0 Å². The van der Waals surface area contributed by atoms with Gasteiger partial charge in [0.2, 0.25) is 0 Å². The van der Waals surface area contributed by atoms with Crippen LogP contribution in [-0.4, -0.2) is 9.97 Å². The highest BCUT2D eigenvalue weighted by atomic mass is 32.1. The van der Waals surface area contributed by atoms with Crippen molar-refractivity contribution in [1.82, 2.24) is 9.97 Å². The van der Waals surface area contributed by atoms with Crippen molar-refractivity contribution >= 4 is 43.1 Å². The zero-order valence-corrected chi connectivity index (χ0v) is 19.8. The third-order valence-corrected chi connectivity index (χ3v) is 7.69. The molecular weight excluding hydrogens is 444 g/mol. The van der Waals surface area contributed by atoms with E-state index in [4.69, 9.17) is 14.7 Å². The van der Waals surface area contributed by atoms with E-state index in [1.54, 1.807) is 22.7 Å². The van der Waals surface area contributed by atoms with Gasteiger partial charge in [-0.2, -0.15) is 0 Å². The second-order valence-electron chi connectivity index (χ2n) is 8.13. The van der Waals surface area contributed by atoms with Crippen molar-refractivity contribution in [3.63, 3.8) is 0 Å². The van der Waals surface area contributed by atoms with Crippen LogP contribution >= 0.6 is 22.7 Å². The zero-order valence-electron chi connectivity index (χ0n) is 18.2. The summed E-state index contributed by atoms with van der Waals surface area (Å²) in [6.07, 6.45) is 0. The third kappa shape index (κ3) is 4.01. The maximum absolute atomic E-state index is 6.21. The van der Waals surface area contributed by atoms with E-state index in [1.165, 1.54) is 11.1 Å². The largest absolute Gasteiger partial charge is 0.457 e. The lowest BCUT2D eigenvalue weighted by Crippen LogP contribution is -1.83. The molecule has 0 saturated carbocycles. The van der Waals surface area contributed by atoms with E-state index >= 15 is 0 Å². The van der Waals surface area contributed by atoms with Gasteiger partial charge >= 0.3 is 0 Å². The van der Waals surface area contributed by atoms with Crippen molar-refractivity contribution in [1.29, 1.82) is 0 Å². The molecule has 3 nitrogen and oxygen atoms in total. The van der Waals surface area contributed by atoms with Crippen LogP contribution in [0.15, 0.2) is 84.9 Å². The highest BCUT2D eigenvalue weighted by Crippen LogP contribution is 2.36. The molecule has 0 aliphatic rings. The first-order valence-electron chi connectivity index (χ1n) is 10.7. The molecule has 0 radical (unpaired) electrons. The van der Waals surface area contributed by atoms with Crippen molar-refractivity contribution in [2.75, 3.05) is 0 Å². The topological polar surface area (TPSA) is 35.0 Å². The highest BCUT2D eigenvalue weighted by Gasteiger charge is 2.10. The Hall–Kier alpha value is -3.54. The van der Waals surface area contributed by atoms with Crippen LogP contribution in [-0.2, 0) is 0 Å². The van der Waals surface area contributed by atoms with Crippen LogP contribution in [0.2, 0.25) is 0 Å². The number of rotatable bonds is 4. The summed E-state index contributed by atoms with van der Waals surface area (Å²) in [5.74, 6) is 1.62. The Morgan fingerprint density at radius 2 is 0.970 bits per heavy atom. The first-order chi connectivity index (χ1) is 16.1. The number of benzene rings is 4. The van der Waals surface area contributed by atoms with Crippen LogP contribution in [0, 0.1) is 13.8 Å². The van der Waals surface area contributed by atoms with E-state index in [0.717, 1.165) is 53.1 Å². The molecule has 160 valence electrons. The fourth-order valence-corrected chi connectivity index (χ4v) is 5.71. The first-order valence-corrected chi connectivity index (χ1v) is 12.4. The van der Waals surface area contributed by atoms with E-state index < -0.39 is 0 Å². The third-order valence-electron chi connectivity index (χ3n) is 5.55. The molecule has 0 fully saturated rings. The molecule has 4 aromatic carbocycles. The normalized spacial score (nSPS) is 11.3. The standard InChI is InChI=1S/C28H20N2OS2/c1-17-3-7-19(8-4-17)27-29-23-13-11-21(15-25(23)32-27)31-22-12-14-24-26(16-22)33-28(30-24)20-9-5-18(2)6-10-20/h3-16H,1-2H3. The summed E-state index contributed by atoms with van der Waals surface area (Å²) in [6, 6.07) is 29.1. The minimum atomic E-state index is 0.809. The van der Waals surface area contributed by atoms with Gasteiger partial charge in [0.05, 0.1) is 20.4 Å². The number of hydrogen-bond donors (Lipinski definition) is 0. The van der Waals surface area contributed by atoms with Gasteiger partial charge in [-0.15, -0.1) is 22.7 Å². The van der Waals surface area contributed by atoms with Gasteiger partial charge in [-0.05, 0) is 38.1 Å². The number of hydrogen-bond acceptors (Lipinski definition) is 5. The lowest BCUT2D eigenvalue weighted by Gasteiger charge is -2.05. The summed E-state index contributed by atoms with van der Waals surface area (Å²) in [5.41, 5.74) is 6.76. The molecule has 0 atom stereocenters. The average molecular weight is 465 g/mol. The molecule has 0 spiro atoms. The van der Waals surface area contributed by atoms with Gasteiger partial charge in [0.15, 0.2) is 0 Å². The first kappa shape index (κ1) is 20.1. The second-order valence-corrected chi connectivity index (χ2v) is 10.2. The molecule has 0 unspecified atom stereocenters. The fraction of sp³-hybridized carbons (Fsp3) is 0.0714. The summed E-state index contributed by atoms with van der Waals surface area (Å²) in [4.78, 5) is 9.59. The minimum Gasteiger partial charge on any atom is -0.457 e. The molecule has 2 heterocycles. The lowest BCUT2D eigenvalue weighted by atomic mass is 10.2. The Kier molecular flexibility index (Phi) is 4.93. The highest BCUT2D eigenvalue weighted by molar-refractivity contribution is 7.22. The number of fused-ring (bicyclic) bond motifs is 2. The molecule has 33 heavy (non-hydrogen) atoms. The smallest absolute Gasteiger partial charge is 0.128 e. The maximum Gasteiger partial charge on any atom is 0.128 e. The Morgan fingerprint density at radius 1 is 0.545 bits per heavy atom. The molecule has 0 saturated heterocycles. The van der Waals surface area contributed by atoms with Crippen LogP contribution in [0.4, 0.5) is 0 Å². The van der Waals surface area contributed by atoms with Gasteiger partial charge in [0, 0.05) is 23.3 Å². The van der Waals surface area contributed by atoms with E-state index in [9.17, 15) is 0 Å². The predicted octanol–water partition coefficient (Wildman–Crippen LogP) is 8.65. The summed E-state index contributed by atoms with van der Waals surface area (Å²) in [6.45, 7) is 4.19. The SMILES string of the molecule is Cc1ccc(-c2nc3ccc(Oc4ccc5nc(-c6ccc(C)cc6)sc5c4)cc3s2)cc1. The van der Waals surface area contributed by atoms with Crippen LogP contribution in [0.3, 0.4) is 0 Å².